The molecule has 1 aliphatic rings. The number of aromatic nitrogens is 1. The minimum absolute atomic E-state index is 0.371. The van der Waals surface area contributed by atoms with Crippen molar-refractivity contribution in [2.75, 3.05) is 0 Å². The lowest BCUT2D eigenvalue weighted by Crippen LogP contribution is -2.32. The van der Waals surface area contributed by atoms with E-state index in [0.717, 1.165) is 37.3 Å². The first-order valence-corrected chi connectivity index (χ1v) is 6.38. The number of nitrogens with one attached hydrogen (secondary N) is 1. The third-order valence-electron chi connectivity index (χ3n) is 4.00. The number of H-pyrrole nitrogens is 1. The lowest BCUT2D eigenvalue weighted by Gasteiger charge is -2.24. The van der Waals surface area contributed by atoms with Crippen LogP contribution in [0.3, 0.4) is 0 Å². The summed E-state index contributed by atoms with van der Waals surface area (Å²) in [5, 5.41) is 0.571. The quantitative estimate of drug-likeness (QED) is 0.808. The van der Waals surface area contributed by atoms with Gasteiger partial charge in [-0.25, -0.2) is 0 Å². The molecule has 0 saturated heterocycles. The van der Waals surface area contributed by atoms with Crippen molar-refractivity contribution in [2.45, 2.75) is 37.4 Å². The second-order valence-corrected chi connectivity index (χ2v) is 5.35. The molecule has 3 rings (SSSR count). The highest BCUT2D eigenvalue weighted by Crippen LogP contribution is 2.38. The summed E-state index contributed by atoms with van der Waals surface area (Å²) in [6.45, 7) is 0. The van der Waals surface area contributed by atoms with Crippen LogP contribution in [0.5, 0.6) is 0 Å². The number of alkyl halides is 3. The lowest BCUT2D eigenvalue weighted by molar-refractivity contribution is -0.140. The molecule has 1 aromatic heterocycles. The molecular formula is C14H15F3N2. The Morgan fingerprint density at radius 3 is 2.42 bits per heavy atom. The molecule has 0 unspecified atom stereocenters. The molecule has 1 saturated carbocycles. The maximum Gasteiger partial charge on any atom is 0.431 e. The number of rotatable bonds is 1. The molecule has 5 heteroatoms. The molecule has 1 aliphatic carbocycles. The van der Waals surface area contributed by atoms with E-state index in [1.165, 1.54) is 0 Å². The van der Waals surface area contributed by atoms with Crippen molar-refractivity contribution >= 4 is 10.9 Å². The van der Waals surface area contributed by atoms with E-state index in [-0.39, 0.29) is 5.54 Å². The fourth-order valence-corrected chi connectivity index (χ4v) is 2.89. The Hall–Kier alpha value is -1.49. The van der Waals surface area contributed by atoms with Crippen molar-refractivity contribution in [1.29, 1.82) is 0 Å². The van der Waals surface area contributed by atoms with Gasteiger partial charge in [0.15, 0.2) is 0 Å². The highest BCUT2D eigenvalue weighted by atomic mass is 19.4. The number of halogens is 3. The molecule has 1 fully saturated rings. The van der Waals surface area contributed by atoms with E-state index in [0.29, 0.717) is 10.9 Å². The van der Waals surface area contributed by atoms with Gasteiger partial charge in [-0.3, -0.25) is 0 Å². The predicted molar refractivity (Wildman–Crippen MR) is 67.6 cm³/mol. The monoisotopic (exact) mass is 268 g/mol. The van der Waals surface area contributed by atoms with Crippen LogP contribution in [0, 0.1) is 0 Å². The molecule has 0 radical (unpaired) electrons. The molecule has 0 bridgehead atoms. The third-order valence-corrected chi connectivity index (χ3v) is 4.00. The molecule has 1 aromatic carbocycles. The van der Waals surface area contributed by atoms with E-state index in [4.69, 9.17) is 5.73 Å². The standard InChI is InChI=1S/C14H15F3N2/c15-14(16,17)12-8-9-7-10(3-4-11(9)19-12)13(18)5-1-2-6-13/h3-4,7-8,19H,1-2,5-6,18H2. The second kappa shape index (κ2) is 4.00. The highest BCUT2D eigenvalue weighted by Gasteiger charge is 2.34. The Balaban J connectivity index is 2.06. The summed E-state index contributed by atoms with van der Waals surface area (Å²) in [5.74, 6) is 0. The largest absolute Gasteiger partial charge is 0.431 e. The van der Waals surface area contributed by atoms with Crippen LogP contribution >= 0.6 is 0 Å². The van der Waals surface area contributed by atoms with Gasteiger partial charge >= 0.3 is 6.18 Å². The molecule has 102 valence electrons. The Labute approximate surface area is 108 Å². The van der Waals surface area contributed by atoms with Crippen molar-refractivity contribution in [3.63, 3.8) is 0 Å². The minimum atomic E-state index is -4.34. The van der Waals surface area contributed by atoms with Gasteiger partial charge < -0.3 is 10.7 Å². The lowest BCUT2D eigenvalue weighted by atomic mass is 9.89. The van der Waals surface area contributed by atoms with Gasteiger partial charge in [-0.05, 0) is 36.6 Å². The zero-order chi connectivity index (χ0) is 13.7. The van der Waals surface area contributed by atoms with E-state index >= 15 is 0 Å². The normalized spacial score (nSPS) is 19.2. The molecule has 19 heavy (non-hydrogen) atoms. The highest BCUT2D eigenvalue weighted by molar-refractivity contribution is 5.81. The summed E-state index contributed by atoms with van der Waals surface area (Å²) in [6.07, 6.45) is -0.387. The number of benzene rings is 1. The first-order chi connectivity index (χ1) is 8.88. The van der Waals surface area contributed by atoms with Gasteiger partial charge in [-0.15, -0.1) is 0 Å². The van der Waals surface area contributed by atoms with Gasteiger partial charge in [0, 0.05) is 16.4 Å². The van der Waals surface area contributed by atoms with Crippen LogP contribution in [0.4, 0.5) is 13.2 Å². The average Bonchev–Trinajstić information content (AvgIpc) is 2.93. The molecule has 0 spiro atoms. The Bertz CT molecular complexity index is 607. The van der Waals surface area contributed by atoms with E-state index in [1.807, 2.05) is 6.07 Å². The van der Waals surface area contributed by atoms with Gasteiger partial charge in [-0.2, -0.15) is 13.2 Å². The van der Waals surface area contributed by atoms with Gasteiger partial charge in [0.25, 0.3) is 0 Å². The van der Waals surface area contributed by atoms with Crippen molar-refractivity contribution in [3.8, 4) is 0 Å². The molecule has 2 aromatic rings. The summed E-state index contributed by atoms with van der Waals surface area (Å²) in [6, 6.07) is 6.46. The van der Waals surface area contributed by atoms with Crippen LogP contribution < -0.4 is 5.73 Å². The summed E-state index contributed by atoms with van der Waals surface area (Å²) in [5.41, 5.74) is 6.68. The van der Waals surface area contributed by atoms with Crippen molar-refractivity contribution < 1.29 is 13.2 Å². The maximum absolute atomic E-state index is 12.6. The Morgan fingerprint density at radius 2 is 1.79 bits per heavy atom. The maximum atomic E-state index is 12.6. The Kier molecular flexibility index (Phi) is 2.64. The van der Waals surface area contributed by atoms with Crippen LogP contribution in [-0.4, -0.2) is 4.98 Å². The van der Waals surface area contributed by atoms with Gasteiger partial charge in [0.2, 0.25) is 0 Å². The summed E-state index contributed by atoms with van der Waals surface area (Å²) in [7, 11) is 0. The summed E-state index contributed by atoms with van der Waals surface area (Å²) in [4.78, 5) is 2.40. The van der Waals surface area contributed by atoms with Crippen LogP contribution in [0.15, 0.2) is 24.3 Å². The third kappa shape index (κ3) is 2.12. The number of fused-ring (bicyclic) bond motifs is 1. The zero-order valence-corrected chi connectivity index (χ0v) is 10.3. The van der Waals surface area contributed by atoms with Gasteiger partial charge in [-0.1, -0.05) is 18.9 Å². The molecular weight excluding hydrogens is 253 g/mol. The van der Waals surface area contributed by atoms with E-state index in [9.17, 15) is 13.2 Å². The fraction of sp³-hybridized carbons (Fsp3) is 0.429. The average molecular weight is 268 g/mol. The van der Waals surface area contributed by atoms with Crippen molar-refractivity contribution in [2.24, 2.45) is 5.73 Å². The van der Waals surface area contributed by atoms with E-state index < -0.39 is 11.9 Å². The van der Waals surface area contributed by atoms with Crippen LogP contribution in [0.25, 0.3) is 10.9 Å². The molecule has 3 N–H and O–H groups in total. The van der Waals surface area contributed by atoms with Crippen molar-refractivity contribution in [3.05, 3.63) is 35.5 Å². The van der Waals surface area contributed by atoms with Crippen LogP contribution in [-0.2, 0) is 11.7 Å². The first-order valence-electron chi connectivity index (χ1n) is 6.38. The van der Waals surface area contributed by atoms with Crippen LogP contribution in [0.1, 0.15) is 36.9 Å². The topological polar surface area (TPSA) is 41.8 Å². The summed E-state index contributed by atoms with van der Waals surface area (Å²) < 4.78 is 37.9. The number of hydrogen-bond donors (Lipinski definition) is 2. The molecule has 0 aliphatic heterocycles. The van der Waals surface area contributed by atoms with Gasteiger partial charge in [0.05, 0.1) is 0 Å². The molecule has 2 nitrogen and oxygen atoms in total. The minimum Gasteiger partial charge on any atom is -0.351 e. The summed E-state index contributed by atoms with van der Waals surface area (Å²) >= 11 is 0. The zero-order valence-electron chi connectivity index (χ0n) is 10.3. The molecule has 0 atom stereocenters. The fourth-order valence-electron chi connectivity index (χ4n) is 2.89. The smallest absolute Gasteiger partial charge is 0.351 e. The van der Waals surface area contributed by atoms with E-state index in [2.05, 4.69) is 4.98 Å². The van der Waals surface area contributed by atoms with Gasteiger partial charge in [0.1, 0.15) is 5.69 Å². The number of aromatic amines is 1. The van der Waals surface area contributed by atoms with Crippen molar-refractivity contribution in [1.82, 2.24) is 4.98 Å². The van der Waals surface area contributed by atoms with Crippen LogP contribution in [0.2, 0.25) is 0 Å². The molecule has 0 amide bonds. The molecule has 1 heterocycles. The predicted octanol–water partition coefficient (Wildman–Crippen LogP) is 3.91. The SMILES string of the molecule is NC1(c2ccc3[nH]c(C(F)(F)F)cc3c2)CCCC1. The second-order valence-electron chi connectivity index (χ2n) is 5.35. The number of nitrogens with two attached hydrogens (primary N) is 1. The van der Waals surface area contributed by atoms with E-state index in [1.54, 1.807) is 12.1 Å². The Morgan fingerprint density at radius 1 is 1.11 bits per heavy atom. The first kappa shape index (κ1) is 12.5. The number of hydrogen-bond acceptors (Lipinski definition) is 1.